The second-order valence-corrected chi connectivity index (χ2v) is 7.66. The summed E-state index contributed by atoms with van der Waals surface area (Å²) in [7, 11) is 0. The smallest absolute Gasteiger partial charge is 0.241 e. The Morgan fingerprint density at radius 3 is 2.40 bits per heavy atom. The van der Waals surface area contributed by atoms with Crippen LogP contribution < -0.4 is 10.2 Å². The first-order valence-corrected chi connectivity index (χ1v) is 10.7. The van der Waals surface area contributed by atoms with Gasteiger partial charge in [0.2, 0.25) is 11.8 Å². The van der Waals surface area contributed by atoms with Gasteiger partial charge in [-0.1, -0.05) is 36.4 Å². The Morgan fingerprint density at radius 1 is 1.07 bits per heavy atom. The fraction of sp³-hybridized carbons (Fsp3) is 0.417. The topological polar surface area (TPSA) is 52.7 Å². The number of rotatable bonds is 8. The Kier molecular flexibility index (Phi) is 7.97. The van der Waals surface area contributed by atoms with E-state index in [0.29, 0.717) is 31.6 Å². The molecule has 6 heteroatoms. The van der Waals surface area contributed by atoms with Gasteiger partial charge in [-0.25, -0.2) is 4.39 Å². The molecule has 0 bridgehead atoms. The van der Waals surface area contributed by atoms with Gasteiger partial charge in [0.1, 0.15) is 5.82 Å². The van der Waals surface area contributed by atoms with Crippen molar-refractivity contribution in [3.8, 4) is 0 Å². The molecule has 3 rings (SSSR count). The molecule has 0 saturated carbocycles. The molecule has 2 aromatic carbocycles. The molecule has 1 saturated heterocycles. The van der Waals surface area contributed by atoms with Gasteiger partial charge >= 0.3 is 0 Å². The van der Waals surface area contributed by atoms with Crippen molar-refractivity contribution in [2.45, 2.75) is 26.2 Å². The van der Waals surface area contributed by atoms with Gasteiger partial charge in [-0.2, -0.15) is 0 Å². The summed E-state index contributed by atoms with van der Waals surface area (Å²) in [5.74, 6) is -0.178. The summed E-state index contributed by atoms with van der Waals surface area (Å²) < 4.78 is 13.7. The van der Waals surface area contributed by atoms with Crippen LogP contribution in [-0.2, 0) is 16.0 Å². The van der Waals surface area contributed by atoms with Crippen LogP contribution in [0.5, 0.6) is 0 Å². The third kappa shape index (κ3) is 5.89. The molecule has 1 aliphatic heterocycles. The minimum absolute atomic E-state index is 0.0248. The molecule has 160 valence electrons. The van der Waals surface area contributed by atoms with Crippen LogP contribution in [0, 0.1) is 11.7 Å². The zero-order valence-electron chi connectivity index (χ0n) is 17.5. The maximum Gasteiger partial charge on any atom is 0.241 e. The molecule has 0 aliphatic carbocycles. The van der Waals surface area contributed by atoms with Crippen LogP contribution in [0.2, 0.25) is 0 Å². The van der Waals surface area contributed by atoms with Crippen LogP contribution in [0.4, 0.5) is 10.1 Å². The van der Waals surface area contributed by atoms with Crippen LogP contribution in [0.1, 0.15) is 25.3 Å². The normalized spacial score (nSPS) is 15.0. The van der Waals surface area contributed by atoms with Crippen LogP contribution in [0.3, 0.4) is 0 Å². The number of hydrogen-bond acceptors (Lipinski definition) is 3. The van der Waals surface area contributed by atoms with E-state index in [1.54, 1.807) is 23.1 Å². The van der Waals surface area contributed by atoms with Gasteiger partial charge in [-0.15, -0.1) is 0 Å². The van der Waals surface area contributed by atoms with Crippen molar-refractivity contribution in [2.24, 2.45) is 5.92 Å². The van der Waals surface area contributed by atoms with E-state index in [1.807, 2.05) is 37.3 Å². The summed E-state index contributed by atoms with van der Waals surface area (Å²) in [6.07, 6.45) is 1.95. The second kappa shape index (κ2) is 10.9. The van der Waals surface area contributed by atoms with Crippen molar-refractivity contribution in [1.29, 1.82) is 0 Å². The van der Waals surface area contributed by atoms with Crippen molar-refractivity contribution in [3.05, 3.63) is 66.0 Å². The third-order valence-electron chi connectivity index (χ3n) is 5.65. The number of carbonyl (C=O) groups excluding carboxylic acids is 2. The minimum Gasteiger partial charge on any atom is -0.356 e. The van der Waals surface area contributed by atoms with E-state index in [9.17, 15) is 14.0 Å². The maximum absolute atomic E-state index is 13.7. The van der Waals surface area contributed by atoms with Gasteiger partial charge in [-0.05, 0) is 63.0 Å². The first kappa shape index (κ1) is 22.0. The lowest BCUT2D eigenvalue weighted by Crippen LogP contribution is -2.45. The molecule has 0 aromatic heterocycles. The summed E-state index contributed by atoms with van der Waals surface area (Å²) >= 11 is 0. The molecule has 1 aliphatic rings. The molecule has 1 N–H and O–H groups in total. The Bertz CT molecular complexity index is 835. The quantitative estimate of drug-likeness (QED) is 0.726. The van der Waals surface area contributed by atoms with E-state index < -0.39 is 0 Å². The molecular formula is C24H30FN3O2. The van der Waals surface area contributed by atoms with E-state index >= 15 is 0 Å². The lowest BCUT2D eigenvalue weighted by Gasteiger charge is -2.32. The van der Waals surface area contributed by atoms with Crippen molar-refractivity contribution >= 4 is 17.5 Å². The van der Waals surface area contributed by atoms with Crippen molar-refractivity contribution < 1.29 is 14.0 Å². The number of likely N-dealkylation sites (N-methyl/N-ethyl adjacent to an activating group) is 1. The average Bonchev–Trinajstić information content (AvgIpc) is 2.77. The van der Waals surface area contributed by atoms with Crippen LogP contribution in [-0.4, -0.2) is 49.4 Å². The highest BCUT2D eigenvalue weighted by Gasteiger charge is 2.27. The molecule has 0 atom stereocenters. The maximum atomic E-state index is 13.7. The second-order valence-electron chi connectivity index (χ2n) is 7.66. The Labute approximate surface area is 177 Å². The number of carbonyl (C=O) groups is 2. The number of anilines is 1. The number of halogens is 1. The SMILES string of the molecule is CCN(C(=O)CN1CCC(C(=O)NCCc2ccccc2F)CC1)c1ccccc1. The van der Waals surface area contributed by atoms with Crippen molar-refractivity contribution in [1.82, 2.24) is 10.2 Å². The number of nitrogens with one attached hydrogen (secondary N) is 1. The van der Waals surface area contributed by atoms with Gasteiger partial charge in [0.15, 0.2) is 0 Å². The predicted octanol–water partition coefficient (Wildman–Crippen LogP) is 3.25. The Balaban J connectivity index is 1.41. The van der Waals surface area contributed by atoms with E-state index in [2.05, 4.69) is 10.2 Å². The van der Waals surface area contributed by atoms with Gasteiger partial charge in [0.25, 0.3) is 0 Å². The molecule has 0 spiro atoms. The fourth-order valence-electron chi connectivity index (χ4n) is 3.91. The number of likely N-dealkylation sites (tertiary alicyclic amines) is 1. The molecule has 2 amide bonds. The first-order chi connectivity index (χ1) is 14.6. The zero-order chi connectivity index (χ0) is 21.3. The van der Waals surface area contributed by atoms with E-state index in [-0.39, 0.29) is 23.5 Å². The highest BCUT2D eigenvalue weighted by molar-refractivity contribution is 5.94. The molecule has 1 heterocycles. The van der Waals surface area contributed by atoms with E-state index in [1.165, 1.54) is 6.07 Å². The lowest BCUT2D eigenvalue weighted by molar-refractivity contribution is -0.126. The number of piperidine rings is 1. The first-order valence-electron chi connectivity index (χ1n) is 10.7. The van der Waals surface area contributed by atoms with E-state index in [0.717, 1.165) is 31.6 Å². The highest BCUT2D eigenvalue weighted by atomic mass is 19.1. The van der Waals surface area contributed by atoms with Gasteiger partial charge in [0, 0.05) is 24.7 Å². The summed E-state index contributed by atoms with van der Waals surface area (Å²) in [4.78, 5) is 29.1. The number of amides is 2. The number of para-hydroxylation sites is 1. The largest absolute Gasteiger partial charge is 0.356 e. The monoisotopic (exact) mass is 411 g/mol. The summed E-state index contributed by atoms with van der Waals surface area (Å²) in [6, 6.07) is 16.3. The van der Waals surface area contributed by atoms with Crippen molar-refractivity contribution in [3.63, 3.8) is 0 Å². The fourth-order valence-corrected chi connectivity index (χ4v) is 3.91. The third-order valence-corrected chi connectivity index (χ3v) is 5.65. The molecule has 5 nitrogen and oxygen atoms in total. The van der Waals surface area contributed by atoms with E-state index in [4.69, 9.17) is 0 Å². The number of hydrogen-bond donors (Lipinski definition) is 1. The molecule has 30 heavy (non-hydrogen) atoms. The van der Waals surface area contributed by atoms with Gasteiger partial charge in [0.05, 0.1) is 6.54 Å². The summed E-state index contributed by atoms with van der Waals surface area (Å²) in [6.45, 7) is 4.85. The number of nitrogens with zero attached hydrogens (tertiary/aromatic N) is 2. The summed E-state index contributed by atoms with van der Waals surface area (Å²) in [5.41, 5.74) is 1.53. The summed E-state index contributed by atoms with van der Waals surface area (Å²) in [5, 5.41) is 2.93. The minimum atomic E-state index is -0.235. The molecule has 0 radical (unpaired) electrons. The Hall–Kier alpha value is -2.73. The van der Waals surface area contributed by atoms with Crippen molar-refractivity contribution in [2.75, 3.05) is 37.6 Å². The molecule has 0 unspecified atom stereocenters. The predicted molar refractivity (Wildman–Crippen MR) is 117 cm³/mol. The molecule has 2 aromatic rings. The van der Waals surface area contributed by atoms with Crippen LogP contribution in [0.25, 0.3) is 0 Å². The van der Waals surface area contributed by atoms with Gasteiger partial charge in [-0.3, -0.25) is 14.5 Å². The average molecular weight is 412 g/mol. The highest BCUT2D eigenvalue weighted by Crippen LogP contribution is 2.19. The zero-order valence-corrected chi connectivity index (χ0v) is 17.5. The van der Waals surface area contributed by atoms with Gasteiger partial charge < -0.3 is 10.2 Å². The molecular weight excluding hydrogens is 381 g/mol. The number of benzene rings is 2. The Morgan fingerprint density at radius 2 is 1.73 bits per heavy atom. The standard InChI is InChI=1S/C24H30FN3O2/c1-2-28(21-9-4-3-5-10-21)23(29)18-27-16-13-20(14-17-27)24(30)26-15-12-19-8-6-7-11-22(19)25/h3-11,20H,2,12-18H2,1H3,(H,26,30). The molecule has 1 fully saturated rings. The van der Waals surface area contributed by atoms with Crippen LogP contribution in [0.15, 0.2) is 54.6 Å². The lowest BCUT2D eigenvalue weighted by atomic mass is 9.95. The van der Waals surface area contributed by atoms with Crippen LogP contribution >= 0.6 is 0 Å².